The second-order valence-electron chi connectivity index (χ2n) is 5.08. The number of rotatable bonds is 3. The fourth-order valence-corrected chi connectivity index (χ4v) is 2.20. The first-order valence-corrected chi connectivity index (χ1v) is 7.22. The van der Waals surface area contributed by atoms with Crippen LogP contribution >= 0.6 is 11.6 Å². The summed E-state index contributed by atoms with van der Waals surface area (Å²) in [5.41, 5.74) is 9.35. The lowest BCUT2D eigenvalue weighted by atomic mass is 10.1. The van der Waals surface area contributed by atoms with Gasteiger partial charge in [0.2, 0.25) is 0 Å². The van der Waals surface area contributed by atoms with E-state index in [-0.39, 0.29) is 11.6 Å². The number of nitrogens with zero attached hydrogens (tertiary/aromatic N) is 2. The first-order chi connectivity index (χ1) is 10.4. The van der Waals surface area contributed by atoms with Gasteiger partial charge >= 0.3 is 0 Å². The molecule has 0 aliphatic heterocycles. The van der Waals surface area contributed by atoms with Gasteiger partial charge in [-0.3, -0.25) is 4.79 Å². The van der Waals surface area contributed by atoms with E-state index in [1.807, 2.05) is 38.1 Å². The standard InChI is InChI=1S/C17H18ClN3O/c1-11-7-9-13(10-8-11)12(2)20-21(3)17(22)14-5-4-6-15(18)16(14)19/h4-10H,19H2,1-3H3/b20-12-. The summed E-state index contributed by atoms with van der Waals surface area (Å²) in [7, 11) is 1.60. The Morgan fingerprint density at radius 2 is 1.82 bits per heavy atom. The van der Waals surface area contributed by atoms with Crippen molar-refractivity contribution in [3.8, 4) is 0 Å². The van der Waals surface area contributed by atoms with Gasteiger partial charge in [0.15, 0.2) is 0 Å². The van der Waals surface area contributed by atoms with Crippen molar-refractivity contribution < 1.29 is 4.79 Å². The molecule has 2 aromatic carbocycles. The molecule has 0 atom stereocenters. The molecule has 4 nitrogen and oxygen atoms in total. The lowest BCUT2D eigenvalue weighted by Gasteiger charge is -2.14. The van der Waals surface area contributed by atoms with Gasteiger partial charge < -0.3 is 5.73 Å². The van der Waals surface area contributed by atoms with Gasteiger partial charge in [0.25, 0.3) is 5.91 Å². The number of aryl methyl sites for hydroxylation is 1. The summed E-state index contributed by atoms with van der Waals surface area (Å²) < 4.78 is 0. The molecule has 0 saturated carbocycles. The van der Waals surface area contributed by atoms with Crippen LogP contribution < -0.4 is 5.73 Å². The van der Waals surface area contributed by atoms with Crippen LogP contribution in [-0.2, 0) is 0 Å². The van der Waals surface area contributed by atoms with Crippen molar-refractivity contribution in [1.29, 1.82) is 0 Å². The summed E-state index contributed by atoms with van der Waals surface area (Å²) in [6, 6.07) is 12.9. The molecule has 0 aromatic heterocycles. The fraction of sp³-hybridized carbons (Fsp3) is 0.176. The van der Waals surface area contributed by atoms with Crippen LogP contribution in [0, 0.1) is 6.92 Å². The van der Waals surface area contributed by atoms with Gasteiger partial charge in [-0.1, -0.05) is 47.5 Å². The SMILES string of the molecule is C/C(=N/N(C)C(=O)c1cccc(Cl)c1N)c1ccc(C)cc1. The number of hydrogen-bond donors (Lipinski definition) is 1. The molecule has 0 bridgehead atoms. The minimum absolute atomic E-state index is 0.268. The third kappa shape index (κ3) is 3.46. The topological polar surface area (TPSA) is 58.7 Å². The zero-order chi connectivity index (χ0) is 16.3. The number of hydrazone groups is 1. The fourth-order valence-electron chi connectivity index (χ4n) is 2.02. The Bertz CT molecular complexity index is 723. The quantitative estimate of drug-likeness (QED) is 0.533. The van der Waals surface area contributed by atoms with E-state index in [1.54, 1.807) is 25.2 Å². The molecule has 0 saturated heterocycles. The molecule has 5 heteroatoms. The maximum Gasteiger partial charge on any atom is 0.275 e. The average molecular weight is 316 g/mol. The molecule has 0 aliphatic carbocycles. The van der Waals surface area contributed by atoms with Crippen molar-refractivity contribution in [2.75, 3.05) is 12.8 Å². The summed E-state index contributed by atoms with van der Waals surface area (Å²) in [5, 5.41) is 5.96. The number of para-hydroxylation sites is 1. The van der Waals surface area contributed by atoms with Gasteiger partial charge in [0.1, 0.15) is 0 Å². The van der Waals surface area contributed by atoms with Crippen molar-refractivity contribution in [2.24, 2.45) is 5.10 Å². The highest BCUT2D eigenvalue weighted by molar-refractivity contribution is 6.33. The largest absolute Gasteiger partial charge is 0.397 e. The summed E-state index contributed by atoms with van der Waals surface area (Å²) in [6.07, 6.45) is 0. The van der Waals surface area contributed by atoms with Crippen molar-refractivity contribution in [2.45, 2.75) is 13.8 Å². The monoisotopic (exact) mass is 315 g/mol. The van der Waals surface area contributed by atoms with Gasteiger partial charge in [-0.15, -0.1) is 0 Å². The first-order valence-electron chi connectivity index (χ1n) is 6.84. The number of hydrogen-bond acceptors (Lipinski definition) is 3. The Morgan fingerprint density at radius 3 is 2.45 bits per heavy atom. The third-order valence-corrected chi connectivity index (χ3v) is 3.68. The van der Waals surface area contributed by atoms with Crippen LogP contribution in [0.4, 0.5) is 5.69 Å². The van der Waals surface area contributed by atoms with Crippen molar-refractivity contribution in [1.82, 2.24) is 5.01 Å². The lowest BCUT2D eigenvalue weighted by Crippen LogP contribution is -2.23. The third-order valence-electron chi connectivity index (χ3n) is 3.35. The van der Waals surface area contributed by atoms with Gasteiger partial charge in [0.05, 0.1) is 22.0 Å². The number of halogens is 1. The molecular weight excluding hydrogens is 298 g/mol. The van der Waals surface area contributed by atoms with Crippen molar-refractivity contribution in [3.05, 3.63) is 64.2 Å². The molecule has 0 radical (unpaired) electrons. The lowest BCUT2D eigenvalue weighted by molar-refractivity contribution is 0.0800. The summed E-state index contributed by atoms with van der Waals surface area (Å²) in [4.78, 5) is 12.4. The van der Waals surface area contributed by atoms with E-state index in [4.69, 9.17) is 17.3 Å². The highest BCUT2D eigenvalue weighted by Gasteiger charge is 2.16. The van der Waals surface area contributed by atoms with E-state index in [2.05, 4.69) is 5.10 Å². The Hall–Kier alpha value is -2.33. The molecule has 0 heterocycles. The molecule has 0 unspecified atom stereocenters. The number of benzene rings is 2. The van der Waals surface area contributed by atoms with E-state index in [0.717, 1.165) is 11.3 Å². The minimum atomic E-state index is -0.300. The zero-order valence-electron chi connectivity index (χ0n) is 12.8. The first kappa shape index (κ1) is 16.0. The molecule has 2 rings (SSSR count). The van der Waals surface area contributed by atoms with Crippen LogP contribution in [0.2, 0.25) is 5.02 Å². The number of amides is 1. The van der Waals surface area contributed by atoms with Crippen LogP contribution in [0.1, 0.15) is 28.4 Å². The van der Waals surface area contributed by atoms with E-state index in [0.29, 0.717) is 10.6 Å². The average Bonchev–Trinajstić information content (AvgIpc) is 2.50. The number of carbonyl (C=O) groups is 1. The number of nitrogen functional groups attached to an aromatic ring is 1. The summed E-state index contributed by atoms with van der Waals surface area (Å²) in [5.74, 6) is -0.300. The number of anilines is 1. The van der Waals surface area contributed by atoms with Crippen LogP contribution in [0.5, 0.6) is 0 Å². The summed E-state index contributed by atoms with van der Waals surface area (Å²) >= 11 is 5.95. The molecule has 22 heavy (non-hydrogen) atoms. The Labute approximate surface area is 135 Å². The molecule has 2 N–H and O–H groups in total. The molecule has 2 aromatic rings. The summed E-state index contributed by atoms with van der Waals surface area (Å²) in [6.45, 7) is 3.88. The van der Waals surface area contributed by atoms with Crippen molar-refractivity contribution in [3.63, 3.8) is 0 Å². The maximum atomic E-state index is 12.4. The Kier molecular flexibility index (Phi) is 4.83. The molecule has 0 aliphatic rings. The van der Waals surface area contributed by atoms with Gasteiger partial charge in [-0.25, -0.2) is 5.01 Å². The smallest absolute Gasteiger partial charge is 0.275 e. The zero-order valence-corrected chi connectivity index (χ0v) is 13.6. The molecule has 0 fully saturated rings. The van der Waals surface area contributed by atoms with Gasteiger partial charge in [-0.05, 0) is 31.5 Å². The van der Waals surface area contributed by atoms with E-state index >= 15 is 0 Å². The van der Waals surface area contributed by atoms with Crippen LogP contribution in [0.3, 0.4) is 0 Å². The predicted octanol–water partition coefficient (Wildman–Crippen LogP) is 3.73. The number of nitrogens with two attached hydrogens (primary N) is 1. The predicted molar refractivity (Wildman–Crippen MR) is 91.3 cm³/mol. The number of carbonyl (C=O) groups excluding carboxylic acids is 1. The van der Waals surface area contributed by atoms with E-state index < -0.39 is 0 Å². The van der Waals surface area contributed by atoms with Gasteiger partial charge in [-0.2, -0.15) is 5.10 Å². The normalized spacial score (nSPS) is 11.4. The van der Waals surface area contributed by atoms with E-state index in [9.17, 15) is 4.79 Å². The molecule has 1 amide bonds. The second-order valence-corrected chi connectivity index (χ2v) is 5.49. The molecule has 0 spiro atoms. The van der Waals surface area contributed by atoms with Crippen LogP contribution in [0.25, 0.3) is 0 Å². The highest BCUT2D eigenvalue weighted by atomic mass is 35.5. The molecule has 114 valence electrons. The highest BCUT2D eigenvalue weighted by Crippen LogP contribution is 2.23. The Balaban J connectivity index is 2.25. The van der Waals surface area contributed by atoms with Crippen molar-refractivity contribution >= 4 is 28.9 Å². The Morgan fingerprint density at radius 1 is 1.18 bits per heavy atom. The van der Waals surface area contributed by atoms with E-state index in [1.165, 1.54) is 10.6 Å². The van der Waals surface area contributed by atoms with Gasteiger partial charge in [0, 0.05) is 7.05 Å². The maximum absolute atomic E-state index is 12.4. The minimum Gasteiger partial charge on any atom is -0.397 e. The second kappa shape index (κ2) is 6.62. The van der Waals surface area contributed by atoms with Crippen LogP contribution in [0.15, 0.2) is 47.6 Å². The van der Waals surface area contributed by atoms with Crippen LogP contribution in [-0.4, -0.2) is 23.7 Å². The molecular formula is C17H18ClN3O.